The second-order valence-electron chi connectivity index (χ2n) is 10.8. The molecule has 0 aromatic rings. The molecule has 1 saturated heterocycles. The highest BCUT2D eigenvalue weighted by atomic mass is 16.7. The third kappa shape index (κ3) is 7.81. The van der Waals surface area contributed by atoms with Crippen LogP contribution in [0, 0.1) is 17.8 Å². The van der Waals surface area contributed by atoms with Gasteiger partial charge < -0.3 is 28.4 Å². The Morgan fingerprint density at radius 2 is 1.41 bits per heavy atom. The number of esters is 5. The van der Waals surface area contributed by atoms with Crippen LogP contribution in [-0.2, 0) is 57.2 Å². The van der Waals surface area contributed by atoms with Crippen molar-refractivity contribution in [2.24, 2.45) is 17.8 Å². The van der Waals surface area contributed by atoms with Crippen LogP contribution in [0.25, 0.3) is 0 Å². The number of hydrogen-bond donors (Lipinski definition) is 0. The zero-order chi connectivity index (χ0) is 30.6. The van der Waals surface area contributed by atoms with Crippen LogP contribution in [0.2, 0.25) is 0 Å². The van der Waals surface area contributed by atoms with Gasteiger partial charge in [-0.1, -0.05) is 19.1 Å². The van der Waals surface area contributed by atoms with E-state index in [4.69, 9.17) is 28.4 Å². The quantitative estimate of drug-likeness (QED) is 0.236. The molecule has 3 aliphatic rings. The number of allylic oxidation sites excluding steroid dienone is 2. The standard InChI is InChI=1S/C29H38O12/c1-13-8-9-20(10-22-15(3)23(34)11-21(13)22)14(2)28(35)41-29-27(39-19(7)33)26(38-18(6)32)25(37-17(5)31)24(40-29)12-36-16(4)30/h13,20-21,24-27,29H,2,8-12H2,1,3-7H3/t13-,20+,21-,24-,25-,26+,27-,29?/m1/s1. The van der Waals surface area contributed by atoms with E-state index in [0.29, 0.717) is 19.3 Å². The Labute approximate surface area is 238 Å². The summed E-state index contributed by atoms with van der Waals surface area (Å²) in [5.74, 6) is -3.69. The van der Waals surface area contributed by atoms with Crippen molar-refractivity contribution < 1.29 is 57.2 Å². The molecule has 0 amide bonds. The molecule has 1 saturated carbocycles. The maximum atomic E-state index is 13.4. The number of fused-ring (bicyclic) bond motifs is 1. The van der Waals surface area contributed by atoms with E-state index in [-0.39, 0.29) is 29.1 Å². The maximum absolute atomic E-state index is 13.4. The zero-order valence-corrected chi connectivity index (χ0v) is 24.3. The number of Topliss-reactive ketones (excluding diaryl/α,β-unsaturated/α-hetero) is 1. The molecular weight excluding hydrogens is 540 g/mol. The zero-order valence-electron chi connectivity index (χ0n) is 24.3. The average molecular weight is 579 g/mol. The smallest absolute Gasteiger partial charge is 0.336 e. The van der Waals surface area contributed by atoms with Crippen molar-refractivity contribution in [1.29, 1.82) is 0 Å². The topological polar surface area (TPSA) is 158 Å². The van der Waals surface area contributed by atoms with E-state index in [9.17, 15) is 28.8 Å². The first-order valence-electron chi connectivity index (χ1n) is 13.6. The van der Waals surface area contributed by atoms with Crippen molar-refractivity contribution >= 4 is 35.6 Å². The van der Waals surface area contributed by atoms with Crippen molar-refractivity contribution in [3.63, 3.8) is 0 Å². The highest BCUT2D eigenvalue weighted by Gasteiger charge is 2.54. The van der Waals surface area contributed by atoms with Gasteiger partial charge in [0.05, 0.1) is 0 Å². The number of rotatable bonds is 8. The number of ether oxygens (including phenoxy) is 6. The van der Waals surface area contributed by atoms with Gasteiger partial charge >= 0.3 is 29.8 Å². The monoisotopic (exact) mass is 578 g/mol. The second-order valence-corrected chi connectivity index (χ2v) is 10.8. The van der Waals surface area contributed by atoms with Crippen LogP contribution in [-0.4, -0.2) is 72.9 Å². The molecule has 12 heteroatoms. The summed E-state index contributed by atoms with van der Waals surface area (Å²) < 4.78 is 32.6. The van der Waals surface area contributed by atoms with Gasteiger partial charge in [0.1, 0.15) is 12.7 Å². The van der Waals surface area contributed by atoms with Crippen molar-refractivity contribution in [2.45, 2.75) is 97.9 Å². The Morgan fingerprint density at radius 3 is 2.00 bits per heavy atom. The fraction of sp³-hybridized carbons (Fsp3) is 0.655. The summed E-state index contributed by atoms with van der Waals surface area (Å²) >= 11 is 0. The summed E-state index contributed by atoms with van der Waals surface area (Å²) in [5, 5.41) is 0. The molecule has 0 aromatic heterocycles. The van der Waals surface area contributed by atoms with Crippen LogP contribution in [0.3, 0.4) is 0 Å². The Bertz CT molecular complexity index is 1140. The minimum atomic E-state index is -1.63. The molecule has 2 aliphatic carbocycles. The first-order valence-corrected chi connectivity index (χ1v) is 13.6. The van der Waals surface area contributed by atoms with E-state index in [1.54, 1.807) is 0 Å². The van der Waals surface area contributed by atoms with Crippen molar-refractivity contribution in [3.05, 3.63) is 23.3 Å². The van der Waals surface area contributed by atoms with E-state index in [1.165, 1.54) is 0 Å². The SMILES string of the molecule is C=C(C(=O)OC1O[C@H](COC(C)=O)[C@@H](OC(C)=O)[C@H](OC(C)=O)[C@H]1OC(C)=O)[C@H]1CC[C@@H](C)[C@H]2CC(=O)C(C)=C2C1. The molecular formula is C29H38O12. The molecule has 226 valence electrons. The molecule has 1 unspecified atom stereocenters. The molecule has 0 aromatic carbocycles. The van der Waals surface area contributed by atoms with Gasteiger partial charge in [0.25, 0.3) is 0 Å². The van der Waals surface area contributed by atoms with E-state index < -0.39 is 67.2 Å². The lowest BCUT2D eigenvalue weighted by molar-refractivity contribution is -0.299. The number of carbonyl (C=O) groups excluding carboxylic acids is 6. The molecule has 1 heterocycles. The lowest BCUT2D eigenvalue weighted by Crippen LogP contribution is -2.63. The predicted molar refractivity (Wildman–Crippen MR) is 140 cm³/mol. The minimum Gasteiger partial charge on any atom is -0.463 e. The van der Waals surface area contributed by atoms with Gasteiger partial charge in [-0.2, -0.15) is 0 Å². The van der Waals surface area contributed by atoms with Gasteiger partial charge in [-0.3, -0.25) is 24.0 Å². The Hall–Kier alpha value is -3.54. The number of hydrogen-bond acceptors (Lipinski definition) is 12. The molecule has 0 radical (unpaired) electrons. The van der Waals surface area contributed by atoms with E-state index in [2.05, 4.69) is 13.5 Å². The van der Waals surface area contributed by atoms with Gasteiger partial charge in [0.15, 0.2) is 18.0 Å². The molecule has 12 nitrogen and oxygen atoms in total. The normalized spacial score (nSPS) is 31.3. The van der Waals surface area contributed by atoms with Crippen LogP contribution < -0.4 is 0 Å². The van der Waals surface area contributed by atoms with Crippen molar-refractivity contribution in [1.82, 2.24) is 0 Å². The molecule has 0 bridgehead atoms. The fourth-order valence-corrected chi connectivity index (χ4v) is 5.74. The Kier molecular flexibility index (Phi) is 10.5. The Morgan fingerprint density at radius 1 is 0.829 bits per heavy atom. The first-order chi connectivity index (χ1) is 19.2. The predicted octanol–water partition coefficient (Wildman–Crippen LogP) is 2.51. The summed E-state index contributed by atoms with van der Waals surface area (Å²) in [5.41, 5.74) is 1.91. The lowest BCUT2D eigenvalue weighted by atomic mass is 9.86. The molecule has 0 N–H and O–H groups in total. The largest absolute Gasteiger partial charge is 0.463 e. The fourth-order valence-electron chi connectivity index (χ4n) is 5.74. The molecule has 2 fully saturated rings. The highest BCUT2D eigenvalue weighted by molar-refractivity contribution is 5.98. The van der Waals surface area contributed by atoms with Gasteiger partial charge in [0, 0.05) is 39.7 Å². The van der Waals surface area contributed by atoms with Gasteiger partial charge in [-0.05, 0) is 49.5 Å². The third-order valence-corrected chi connectivity index (χ3v) is 7.80. The Balaban J connectivity index is 1.89. The molecule has 41 heavy (non-hydrogen) atoms. The molecule has 0 spiro atoms. The minimum absolute atomic E-state index is 0.114. The van der Waals surface area contributed by atoms with Crippen molar-refractivity contribution in [2.75, 3.05) is 6.61 Å². The van der Waals surface area contributed by atoms with Gasteiger partial charge in [-0.15, -0.1) is 0 Å². The van der Waals surface area contributed by atoms with Crippen LogP contribution in [0.4, 0.5) is 0 Å². The maximum Gasteiger partial charge on any atom is 0.336 e. The molecule has 1 aliphatic heterocycles. The summed E-state index contributed by atoms with van der Waals surface area (Å²) in [6.07, 6.45) is -4.85. The molecule has 3 rings (SSSR count). The van der Waals surface area contributed by atoms with Crippen LogP contribution in [0.15, 0.2) is 23.3 Å². The van der Waals surface area contributed by atoms with E-state index in [1.807, 2.05) is 6.92 Å². The van der Waals surface area contributed by atoms with E-state index in [0.717, 1.165) is 45.3 Å². The van der Waals surface area contributed by atoms with Crippen LogP contribution >= 0.6 is 0 Å². The lowest BCUT2D eigenvalue weighted by Gasteiger charge is -2.43. The summed E-state index contributed by atoms with van der Waals surface area (Å²) in [6.45, 7) is 11.9. The van der Waals surface area contributed by atoms with Gasteiger partial charge in [-0.25, -0.2) is 4.79 Å². The van der Waals surface area contributed by atoms with E-state index >= 15 is 0 Å². The van der Waals surface area contributed by atoms with Crippen LogP contribution in [0.1, 0.15) is 67.2 Å². The van der Waals surface area contributed by atoms with Crippen molar-refractivity contribution in [3.8, 4) is 0 Å². The highest BCUT2D eigenvalue weighted by Crippen LogP contribution is 2.45. The average Bonchev–Trinajstić information content (AvgIpc) is 3.04. The second kappa shape index (κ2) is 13.4. The summed E-state index contributed by atoms with van der Waals surface area (Å²) in [7, 11) is 0. The number of ketones is 1. The number of carbonyl (C=O) groups is 6. The summed E-state index contributed by atoms with van der Waals surface area (Å²) in [4.78, 5) is 73.3. The first kappa shape index (κ1) is 32.0. The molecule has 8 atom stereocenters. The third-order valence-electron chi connectivity index (χ3n) is 7.80. The van der Waals surface area contributed by atoms with Gasteiger partial charge in [0.2, 0.25) is 12.4 Å². The van der Waals surface area contributed by atoms with Crippen LogP contribution in [0.5, 0.6) is 0 Å². The summed E-state index contributed by atoms with van der Waals surface area (Å²) in [6, 6.07) is 0.